The number of imide groups is 1. The number of likely N-dealkylation sites (tertiary alicyclic amines) is 1. The van der Waals surface area contributed by atoms with E-state index in [-0.39, 0.29) is 25.0 Å². The van der Waals surface area contributed by atoms with Gasteiger partial charge in [0.05, 0.1) is 25.5 Å². The second kappa shape index (κ2) is 10.3. The van der Waals surface area contributed by atoms with Crippen LogP contribution in [0.2, 0.25) is 5.02 Å². The Morgan fingerprint density at radius 2 is 1.78 bits per heavy atom. The van der Waals surface area contributed by atoms with Gasteiger partial charge in [-0.3, -0.25) is 24.6 Å². The van der Waals surface area contributed by atoms with E-state index >= 15 is 0 Å². The Morgan fingerprint density at radius 3 is 2.39 bits per heavy atom. The average Bonchev–Trinajstić information content (AvgIpc) is 3.32. The molecule has 2 aromatic carbocycles. The fraction of sp³-hybridized carbons (Fsp3) is 0.385. The molecule has 36 heavy (non-hydrogen) atoms. The Labute approximate surface area is 214 Å². The zero-order valence-electron chi connectivity index (χ0n) is 20.4. The van der Waals surface area contributed by atoms with Gasteiger partial charge < -0.3 is 15.0 Å². The molecule has 2 N–H and O–H groups in total. The van der Waals surface area contributed by atoms with Crippen molar-refractivity contribution in [2.24, 2.45) is 11.8 Å². The molecule has 2 heterocycles. The van der Waals surface area contributed by atoms with Crippen molar-refractivity contribution in [1.82, 2.24) is 15.1 Å². The number of likely N-dealkylation sites (N-methyl/N-ethyl adjacent to an activating group) is 1. The molecule has 0 unspecified atom stereocenters. The van der Waals surface area contributed by atoms with Gasteiger partial charge in [-0.15, -0.1) is 0 Å². The number of anilines is 1. The number of carbonyl (C=O) groups is 4. The van der Waals surface area contributed by atoms with Crippen LogP contribution in [0.4, 0.5) is 10.5 Å². The van der Waals surface area contributed by atoms with Crippen LogP contribution in [0.1, 0.15) is 19.4 Å². The molecule has 0 aliphatic carbocycles. The number of nitrogens with one attached hydrogen (secondary N) is 2. The first-order valence-corrected chi connectivity index (χ1v) is 12.1. The quantitative estimate of drug-likeness (QED) is 0.436. The third kappa shape index (κ3) is 4.68. The van der Waals surface area contributed by atoms with E-state index in [1.807, 2.05) is 37.3 Å². The van der Waals surface area contributed by atoms with E-state index in [1.54, 1.807) is 31.2 Å². The van der Waals surface area contributed by atoms with E-state index in [0.717, 1.165) is 5.56 Å². The molecule has 0 saturated carbocycles. The van der Waals surface area contributed by atoms with Crippen LogP contribution in [0.5, 0.6) is 0 Å². The highest BCUT2D eigenvalue weighted by Gasteiger charge is 2.66. The highest BCUT2D eigenvalue weighted by molar-refractivity contribution is 6.30. The molecule has 2 aromatic rings. The standard InChI is InChI=1S/C26H29ClN4O5/c1-4-30(25(35)28-18-12-10-17(27)11-13-18)15-19-20-21(26(2,29-19)24(34)36-3)23(33)31(22(20)32)14-16-8-6-5-7-9-16/h5-13,19-21,29H,4,14-15H2,1-3H3,(H,28,35)/t19-,20+,21-,26-/m1/s1. The van der Waals surface area contributed by atoms with Gasteiger partial charge in [0.25, 0.3) is 0 Å². The molecular weight excluding hydrogens is 484 g/mol. The van der Waals surface area contributed by atoms with Crippen LogP contribution >= 0.6 is 11.6 Å². The van der Waals surface area contributed by atoms with Crippen LogP contribution in [0.3, 0.4) is 0 Å². The normalized spacial score (nSPS) is 25.0. The minimum atomic E-state index is -1.41. The fourth-order valence-corrected chi connectivity index (χ4v) is 5.26. The number of rotatable bonds is 7. The monoisotopic (exact) mass is 512 g/mol. The van der Waals surface area contributed by atoms with Gasteiger partial charge >= 0.3 is 12.0 Å². The predicted octanol–water partition coefficient (Wildman–Crippen LogP) is 2.90. The zero-order chi connectivity index (χ0) is 26.0. The minimum absolute atomic E-state index is 0.113. The second-order valence-electron chi connectivity index (χ2n) is 9.17. The zero-order valence-corrected chi connectivity index (χ0v) is 21.1. The van der Waals surface area contributed by atoms with Gasteiger partial charge in [-0.25, -0.2) is 4.79 Å². The van der Waals surface area contributed by atoms with Gasteiger partial charge in [-0.05, 0) is 43.7 Å². The van der Waals surface area contributed by atoms with Crippen molar-refractivity contribution in [2.75, 3.05) is 25.5 Å². The summed E-state index contributed by atoms with van der Waals surface area (Å²) in [5.74, 6) is -3.18. The van der Waals surface area contributed by atoms with Crippen LogP contribution in [-0.2, 0) is 25.7 Å². The van der Waals surface area contributed by atoms with E-state index in [1.165, 1.54) is 16.9 Å². The Morgan fingerprint density at radius 1 is 1.11 bits per heavy atom. The summed E-state index contributed by atoms with van der Waals surface area (Å²) >= 11 is 5.92. The van der Waals surface area contributed by atoms with E-state index in [9.17, 15) is 19.2 Å². The molecule has 2 saturated heterocycles. The summed E-state index contributed by atoms with van der Waals surface area (Å²) in [6.07, 6.45) is 0. The molecule has 0 spiro atoms. The van der Waals surface area contributed by atoms with Crippen molar-refractivity contribution in [2.45, 2.75) is 32.0 Å². The number of benzene rings is 2. The summed E-state index contributed by atoms with van der Waals surface area (Å²) in [5, 5.41) is 6.54. The number of ether oxygens (including phenoxy) is 1. The Hall–Kier alpha value is -3.43. The number of urea groups is 1. The van der Waals surface area contributed by atoms with E-state index in [4.69, 9.17) is 16.3 Å². The summed E-state index contributed by atoms with van der Waals surface area (Å²) in [7, 11) is 1.25. The molecule has 0 bridgehead atoms. The molecule has 4 rings (SSSR count). The molecule has 2 aliphatic rings. The van der Waals surface area contributed by atoms with Crippen molar-refractivity contribution in [1.29, 1.82) is 0 Å². The molecule has 0 aromatic heterocycles. The maximum absolute atomic E-state index is 13.6. The molecule has 190 valence electrons. The maximum atomic E-state index is 13.6. The van der Waals surface area contributed by atoms with Crippen LogP contribution in [0, 0.1) is 11.8 Å². The lowest BCUT2D eigenvalue weighted by atomic mass is 9.81. The largest absolute Gasteiger partial charge is 0.468 e. The molecule has 2 fully saturated rings. The molecule has 4 amide bonds. The van der Waals surface area contributed by atoms with Crippen molar-refractivity contribution in [3.05, 3.63) is 65.2 Å². The number of esters is 1. The smallest absolute Gasteiger partial charge is 0.326 e. The molecular formula is C26H29ClN4O5. The van der Waals surface area contributed by atoms with Gasteiger partial charge in [0.1, 0.15) is 5.54 Å². The molecule has 9 nitrogen and oxygen atoms in total. The molecule has 10 heteroatoms. The van der Waals surface area contributed by atoms with Gasteiger partial charge in [0.15, 0.2) is 0 Å². The SMILES string of the molecule is CCN(C[C@H]1N[C@@](C)(C(=O)OC)[C@H]2C(=O)N(Cc3ccccc3)C(=O)[C@@H]12)C(=O)Nc1ccc(Cl)cc1. The molecule has 4 atom stereocenters. The van der Waals surface area contributed by atoms with Crippen LogP contribution in [0.25, 0.3) is 0 Å². The number of hydrogen-bond donors (Lipinski definition) is 2. The number of halogens is 1. The van der Waals surface area contributed by atoms with Crippen molar-refractivity contribution in [3.8, 4) is 0 Å². The summed E-state index contributed by atoms with van der Waals surface area (Å²) in [4.78, 5) is 55.6. The third-order valence-electron chi connectivity index (χ3n) is 6.96. The average molecular weight is 513 g/mol. The molecule has 0 radical (unpaired) electrons. The first-order chi connectivity index (χ1) is 17.2. The van der Waals surface area contributed by atoms with E-state index < -0.39 is 35.3 Å². The van der Waals surface area contributed by atoms with Crippen molar-refractivity contribution < 1.29 is 23.9 Å². The predicted molar refractivity (Wildman–Crippen MR) is 134 cm³/mol. The van der Waals surface area contributed by atoms with E-state index in [0.29, 0.717) is 17.3 Å². The van der Waals surface area contributed by atoms with Gasteiger partial charge in [-0.1, -0.05) is 41.9 Å². The number of carbonyl (C=O) groups excluding carboxylic acids is 4. The summed E-state index contributed by atoms with van der Waals surface area (Å²) in [5.41, 5.74) is -0.0319. The van der Waals surface area contributed by atoms with Crippen molar-refractivity contribution >= 4 is 41.1 Å². The summed E-state index contributed by atoms with van der Waals surface area (Å²) < 4.78 is 5.01. The van der Waals surface area contributed by atoms with Crippen LogP contribution in [-0.4, -0.2) is 65.4 Å². The third-order valence-corrected chi connectivity index (χ3v) is 7.21. The van der Waals surface area contributed by atoms with Gasteiger partial charge in [0, 0.05) is 29.8 Å². The number of fused-ring (bicyclic) bond motifs is 1. The second-order valence-corrected chi connectivity index (χ2v) is 9.61. The number of hydrogen-bond acceptors (Lipinski definition) is 6. The number of amides is 4. The topological polar surface area (TPSA) is 108 Å². The van der Waals surface area contributed by atoms with Crippen LogP contribution in [0.15, 0.2) is 54.6 Å². The number of nitrogens with zero attached hydrogens (tertiary/aromatic N) is 2. The van der Waals surface area contributed by atoms with E-state index in [2.05, 4.69) is 10.6 Å². The van der Waals surface area contributed by atoms with Crippen molar-refractivity contribution in [3.63, 3.8) is 0 Å². The van der Waals surface area contributed by atoms with Gasteiger partial charge in [-0.2, -0.15) is 0 Å². The maximum Gasteiger partial charge on any atom is 0.326 e. The van der Waals surface area contributed by atoms with Gasteiger partial charge in [0.2, 0.25) is 11.8 Å². The lowest BCUT2D eigenvalue weighted by molar-refractivity contribution is -0.153. The number of methoxy groups -OCH3 is 1. The molecule has 2 aliphatic heterocycles. The highest BCUT2D eigenvalue weighted by Crippen LogP contribution is 2.44. The lowest BCUT2D eigenvalue weighted by Gasteiger charge is -2.30. The Kier molecular flexibility index (Phi) is 7.33. The Balaban J connectivity index is 1.58. The summed E-state index contributed by atoms with van der Waals surface area (Å²) in [6, 6.07) is 14.9. The Bertz CT molecular complexity index is 1160. The minimum Gasteiger partial charge on any atom is -0.468 e. The fourth-order valence-electron chi connectivity index (χ4n) is 5.14. The lowest BCUT2D eigenvalue weighted by Crippen LogP contribution is -2.56. The first kappa shape index (κ1) is 25.7. The first-order valence-electron chi connectivity index (χ1n) is 11.8. The highest BCUT2D eigenvalue weighted by atomic mass is 35.5. The van der Waals surface area contributed by atoms with Crippen LogP contribution < -0.4 is 10.6 Å². The summed E-state index contributed by atoms with van der Waals surface area (Å²) in [6.45, 7) is 3.97.